The lowest BCUT2D eigenvalue weighted by Gasteiger charge is -2.22. The van der Waals surface area contributed by atoms with Crippen molar-refractivity contribution in [1.82, 2.24) is 15.2 Å². The summed E-state index contributed by atoms with van der Waals surface area (Å²) in [7, 11) is 3.84. The largest absolute Gasteiger partial charge is 0.356 e. The van der Waals surface area contributed by atoms with E-state index >= 15 is 0 Å². The molecule has 0 unspecified atom stereocenters. The van der Waals surface area contributed by atoms with Gasteiger partial charge in [0.1, 0.15) is 0 Å². The van der Waals surface area contributed by atoms with Gasteiger partial charge in [0.15, 0.2) is 5.96 Å². The van der Waals surface area contributed by atoms with Crippen LogP contribution in [0.2, 0.25) is 0 Å². The first-order valence-electron chi connectivity index (χ1n) is 5.85. The summed E-state index contributed by atoms with van der Waals surface area (Å²) in [6.07, 6.45) is 0. The Balaban J connectivity index is 0.00000289. The maximum absolute atomic E-state index is 4.46. The molecule has 6 heteroatoms. The monoisotopic (exact) mass is 382 g/mol. The second-order valence-electron chi connectivity index (χ2n) is 4.54. The predicted octanol–water partition coefficient (Wildman–Crippen LogP) is 2.73. The highest BCUT2D eigenvalue weighted by atomic mass is 127. The molecule has 1 aromatic rings. The summed E-state index contributed by atoms with van der Waals surface area (Å²) in [5, 5.41) is 6.56. The molecule has 0 saturated carbocycles. The fraction of sp³-hybridized carbons (Fsp3) is 0.667. The molecule has 0 saturated heterocycles. The maximum Gasteiger partial charge on any atom is 0.193 e. The van der Waals surface area contributed by atoms with Crippen LogP contribution in [0.3, 0.4) is 0 Å². The third-order valence-corrected chi connectivity index (χ3v) is 3.13. The number of aromatic nitrogens is 1. The number of nitrogens with zero attached hydrogens (tertiary/aromatic N) is 3. The van der Waals surface area contributed by atoms with E-state index < -0.39 is 0 Å². The summed E-state index contributed by atoms with van der Waals surface area (Å²) in [5.41, 5.74) is 1.10. The standard InChI is InChI=1S/C12H22N4S.HI/c1-9(2)6-14-12(13-4)16(5)7-11-8-17-10(3)15-11;/h8-9H,6-7H2,1-5H3,(H,13,14);1H. The van der Waals surface area contributed by atoms with Crippen LogP contribution in [-0.4, -0.2) is 36.5 Å². The Bertz CT molecular complexity index is 376. The van der Waals surface area contributed by atoms with Crippen molar-refractivity contribution in [3.63, 3.8) is 0 Å². The fourth-order valence-electron chi connectivity index (χ4n) is 1.48. The molecule has 1 heterocycles. The van der Waals surface area contributed by atoms with E-state index in [2.05, 4.69) is 39.4 Å². The van der Waals surface area contributed by atoms with Crippen molar-refractivity contribution in [3.8, 4) is 0 Å². The van der Waals surface area contributed by atoms with E-state index in [0.717, 1.165) is 29.8 Å². The Kier molecular flexibility index (Phi) is 8.51. The molecule has 0 amide bonds. The minimum absolute atomic E-state index is 0. The van der Waals surface area contributed by atoms with Crippen molar-refractivity contribution in [1.29, 1.82) is 0 Å². The van der Waals surface area contributed by atoms with E-state index in [1.54, 1.807) is 11.3 Å². The summed E-state index contributed by atoms with van der Waals surface area (Å²) >= 11 is 1.69. The molecule has 0 fully saturated rings. The summed E-state index contributed by atoms with van der Waals surface area (Å²) in [6, 6.07) is 0. The quantitative estimate of drug-likeness (QED) is 0.495. The fourth-order valence-corrected chi connectivity index (χ4v) is 2.08. The zero-order valence-corrected chi connectivity index (χ0v) is 14.9. The van der Waals surface area contributed by atoms with Crippen molar-refractivity contribution in [2.24, 2.45) is 10.9 Å². The highest BCUT2D eigenvalue weighted by Crippen LogP contribution is 2.09. The lowest BCUT2D eigenvalue weighted by molar-refractivity contribution is 0.462. The first-order valence-corrected chi connectivity index (χ1v) is 6.73. The first kappa shape index (κ1) is 17.6. The Hall–Kier alpha value is -0.370. The summed E-state index contributed by atoms with van der Waals surface area (Å²) < 4.78 is 0. The van der Waals surface area contributed by atoms with E-state index in [1.165, 1.54) is 0 Å². The summed E-state index contributed by atoms with van der Waals surface area (Å²) in [5.74, 6) is 1.53. The van der Waals surface area contributed by atoms with Gasteiger partial charge < -0.3 is 10.2 Å². The van der Waals surface area contributed by atoms with Gasteiger partial charge in [-0.05, 0) is 12.8 Å². The third kappa shape index (κ3) is 5.99. The van der Waals surface area contributed by atoms with Crippen LogP contribution in [0.15, 0.2) is 10.4 Å². The molecule has 0 aliphatic rings. The van der Waals surface area contributed by atoms with Crippen LogP contribution in [0, 0.1) is 12.8 Å². The SMILES string of the molecule is CN=C(NCC(C)C)N(C)Cc1csc(C)n1.I. The molecule has 104 valence electrons. The molecule has 0 aliphatic carbocycles. The highest BCUT2D eigenvalue weighted by molar-refractivity contribution is 14.0. The van der Waals surface area contributed by atoms with Crippen molar-refractivity contribution in [2.45, 2.75) is 27.3 Å². The van der Waals surface area contributed by atoms with Gasteiger partial charge in [0.2, 0.25) is 0 Å². The number of nitrogens with one attached hydrogen (secondary N) is 1. The molecule has 1 aromatic heterocycles. The summed E-state index contributed by atoms with van der Waals surface area (Å²) in [4.78, 5) is 10.8. The first-order chi connectivity index (χ1) is 8.02. The van der Waals surface area contributed by atoms with Gasteiger partial charge in [0.25, 0.3) is 0 Å². The minimum Gasteiger partial charge on any atom is -0.356 e. The predicted molar refractivity (Wildman–Crippen MR) is 89.9 cm³/mol. The number of hydrogen-bond donors (Lipinski definition) is 1. The molecule has 4 nitrogen and oxygen atoms in total. The van der Waals surface area contributed by atoms with Gasteiger partial charge >= 0.3 is 0 Å². The van der Waals surface area contributed by atoms with E-state index in [0.29, 0.717) is 5.92 Å². The normalized spacial score (nSPS) is 11.3. The van der Waals surface area contributed by atoms with E-state index in [-0.39, 0.29) is 24.0 Å². The van der Waals surface area contributed by atoms with Gasteiger partial charge in [-0.25, -0.2) is 4.98 Å². The average molecular weight is 382 g/mol. The molecule has 1 rings (SSSR count). The maximum atomic E-state index is 4.46. The molecule has 1 N–H and O–H groups in total. The van der Waals surface area contributed by atoms with Crippen LogP contribution in [0.1, 0.15) is 24.5 Å². The zero-order valence-electron chi connectivity index (χ0n) is 11.7. The molecular formula is C12H23IN4S. The van der Waals surface area contributed by atoms with Crippen molar-refractivity contribution >= 4 is 41.3 Å². The molecule has 0 atom stereocenters. The Morgan fingerprint density at radius 3 is 2.67 bits per heavy atom. The van der Waals surface area contributed by atoms with Crippen molar-refractivity contribution in [2.75, 3.05) is 20.6 Å². The molecule has 0 bridgehead atoms. The van der Waals surface area contributed by atoms with Crippen LogP contribution in [-0.2, 0) is 6.54 Å². The van der Waals surface area contributed by atoms with Crippen LogP contribution in [0.5, 0.6) is 0 Å². The Morgan fingerprint density at radius 2 is 2.22 bits per heavy atom. The lowest BCUT2D eigenvalue weighted by atomic mass is 10.2. The average Bonchev–Trinajstić information content (AvgIpc) is 2.64. The van der Waals surface area contributed by atoms with Gasteiger partial charge in [0, 0.05) is 26.0 Å². The zero-order chi connectivity index (χ0) is 12.8. The molecule has 18 heavy (non-hydrogen) atoms. The Morgan fingerprint density at radius 1 is 1.56 bits per heavy atom. The highest BCUT2D eigenvalue weighted by Gasteiger charge is 2.08. The second-order valence-corrected chi connectivity index (χ2v) is 5.60. The number of aryl methyl sites for hydroxylation is 1. The smallest absolute Gasteiger partial charge is 0.193 e. The van der Waals surface area contributed by atoms with Gasteiger partial charge in [0.05, 0.1) is 17.2 Å². The second kappa shape index (κ2) is 8.68. The molecular weight excluding hydrogens is 359 g/mol. The summed E-state index contributed by atoms with van der Waals surface area (Å²) in [6.45, 7) is 8.13. The van der Waals surface area contributed by atoms with Crippen molar-refractivity contribution < 1.29 is 0 Å². The molecule has 0 spiro atoms. The van der Waals surface area contributed by atoms with Gasteiger partial charge in [-0.2, -0.15) is 0 Å². The van der Waals surface area contributed by atoms with Crippen LogP contribution >= 0.6 is 35.3 Å². The number of aliphatic imine (C=N–C) groups is 1. The van der Waals surface area contributed by atoms with Gasteiger partial charge in [-0.3, -0.25) is 4.99 Å². The van der Waals surface area contributed by atoms with Crippen LogP contribution in [0.25, 0.3) is 0 Å². The van der Waals surface area contributed by atoms with Gasteiger partial charge in [-0.15, -0.1) is 35.3 Å². The topological polar surface area (TPSA) is 40.5 Å². The molecule has 0 radical (unpaired) electrons. The number of thiazole rings is 1. The lowest BCUT2D eigenvalue weighted by Crippen LogP contribution is -2.40. The van der Waals surface area contributed by atoms with Crippen LogP contribution < -0.4 is 5.32 Å². The molecule has 0 aromatic carbocycles. The molecule has 0 aliphatic heterocycles. The number of hydrogen-bond acceptors (Lipinski definition) is 3. The minimum atomic E-state index is 0. The third-order valence-electron chi connectivity index (χ3n) is 2.31. The number of rotatable bonds is 4. The van der Waals surface area contributed by atoms with E-state index in [4.69, 9.17) is 0 Å². The van der Waals surface area contributed by atoms with Crippen molar-refractivity contribution in [3.05, 3.63) is 16.1 Å². The van der Waals surface area contributed by atoms with E-state index in [1.807, 2.05) is 21.0 Å². The Labute approximate surface area is 131 Å². The van der Waals surface area contributed by atoms with E-state index in [9.17, 15) is 0 Å². The number of halogens is 1. The number of guanidine groups is 1. The van der Waals surface area contributed by atoms with Gasteiger partial charge in [-0.1, -0.05) is 13.8 Å². The van der Waals surface area contributed by atoms with Crippen LogP contribution in [0.4, 0.5) is 0 Å².